The smallest absolute Gasteiger partial charge is 0.0491 e. The van der Waals surface area contributed by atoms with Crippen LogP contribution >= 0.6 is 0 Å². The molecule has 0 bridgehead atoms. The molecule has 1 N–H and O–H groups in total. The van der Waals surface area contributed by atoms with Crippen LogP contribution in [0, 0.1) is 6.92 Å². The van der Waals surface area contributed by atoms with Gasteiger partial charge in [-0.2, -0.15) is 0 Å². The monoisotopic (exact) mass is 405 g/mol. The number of aromatic amines is 1. The summed E-state index contributed by atoms with van der Waals surface area (Å²) in [5, 5.41) is 1.39. The Kier molecular flexibility index (Phi) is 6.80. The Balaban J connectivity index is 1.45. The van der Waals surface area contributed by atoms with Crippen LogP contribution in [0.5, 0.6) is 0 Å². The Hall–Kier alpha value is -1.84. The first-order valence-electron chi connectivity index (χ1n) is 12.0. The number of benzene rings is 1. The van der Waals surface area contributed by atoms with E-state index in [4.69, 9.17) is 0 Å². The lowest BCUT2D eigenvalue weighted by molar-refractivity contribution is 0.0895. The number of nitrogens with zero attached hydrogens (tertiary/aromatic N) is 2. The van der Waals surface area contributed by atoms with Gasteiger partial charge in [0, 0.05) is 22.6 Å². The number of likely N-dealkylation sites (tertiary alicyclic amines) is 2. The van der Waals surface area contributed by atoms with Gasteiger partial charge in [-0.05, 0) is 114 Å². The van der Waals surface area contributed by atoms with E-state index in [9.17, 15) is 0 Å². The summed E-state index contributed by atoms with van der Waals surface area (Å²) in [4.78, 5) is 9.04. The van der Waals surface area contributed by atoms with Crippen LogP contribution in [0.25, 0.3) is 16.5 Å². The summed E-state index contributed by atoms with van der Waals surface area (Å²) in [6.45, 7) is 15.1. The molecule has 4 rings (SSSR count). The van der Waals surface area contributed by atoms with Crippen molar-refractivity contribution in [3.05, 3.63) is 53.2 Å². The Morgan fingerprint density at radius 1 is 1.07 bits per heavy atom. The van der Waals surface area contributed by atoms with E-state index in [0.29, 0.717) is 5.92 Å². The van der Waals surface area contributed by atoms with Gasteiger partial charge in [0.05, 0.1) is 0 Å². The third kappa shape index (κ3) is 4.29. The van der Waals surface area contributed by atoms with E-state index in [1.807, 2.05) is 0 Å². The SMILES string of the molecule is C/C=C\C(=C/C)c1[nH]c2ccc(C3CCN(C4CCN(CC)CC4)CC3)cc2c1C. The van der Waals surface area contributed by atoms with Gasteiger partial charge < -0.3 is 14.8 Å². The van der Waals surface area contributed by atoms with Gasteiger partial charge in [0.2, 0.25) is 0 Å². The van der Waals surface area contributed by atoms with Crippen molar-refractivity contribution < 1.29 is 0 Å². The quantitative estimate of drug-likeness (QED) is 0.605. The van der Waals surface area contributed by atoms with E-state index in [-0.39, 0.29) is 0 Å². The van der Waals surface area contributed by atoms with Crippen molar-refractivity contribution in [3.8, 4) is 0 Å². The van der Waals surface area contributed by atoms with Gasteiger partial charge in [0.15, 0.2) is 0 Å². The third-order valence-corrected chi connectivity index (χ3v) is 7.55. The lowest BCUT2D eigenvalue weighted by Gasteiger charge is -2.41. The van der Waals surface area contributed by atoms with Crippen molar-refractivity contribution in [2.75, 3.05) is 32.7 Å². The van der Waals surface area contributed by atoms with Gasteiger partial charge in [-0.1, -0.05) is 31.2 Å². The molecule has 0 atom stereocenters. The maximum atomic E-state index is 3.66. The van der Waals surface area contributed by atoms with Crippen molar-refractivity contribution in [1.82, 2.24) is 14.8 Å². The largest absolute Gasteiger partial charge is 0.354 e. The number of aromatic nitrogens is 1. The van der Waals surface area contributed by atoms with E-state index >= 15 is 0 Å². The van der Waals surface area contributed by atoms with Crippen LogP contribution in [0.3, 0.4) is 0 Å². The first-order chi connectivity index (χ1) is 14.6. The standard InChI is InChI=1S/C27H39N3/c1-5-8-21(6-2)27-20(4)25-19-23(9-10-26(25)28-27)22-11-17-30(18-12-22)24-13-15-29(7-3)16-14-24/h5-6,8-10,19,22,24,28H,7,11-18H2,1-4H3/b8-5-,21-6+. The van der Waals surface area contributed by atoms with Gasteiger partial charge >= 0.3 is 0 Å². The summed E-state index contributed by atoms with van der Waals surface area (Å²) >= 11 is 0. The maximum absolute atomic E-state index is 3.66. The van der Waals surface area contributed by atoms with Crippen molar-refractivity contribution in [1.29, 1.82) is 0 Å². The summed E-state index contributed by atoms with van der Waals surface area (Å²) in [7, 11) is 0. The Morgan fingerprint density at radius 3 is 2.43 bits per heavy atom. The maximum Gasteiger partial charge on any atom is 0.0491 e. The minimum Gasteiger partial charge on any atom is -0.354 e. The molecule has 2 aliphatic rings. The fourth-order valence-corrected chi connectivity index (χ4v) is 5.59. The van der Waals surface area contributed by atoms with Gasteiger partial charge in [0.1, 0.15) is 0 Å². The average molecular weight is 406 g/mol. The average Bonchev–Trinajstić information content (AvgIpc) is 3.13. The van der Waals surface area contributed by atoms with Crippen LogP contribution in [-0.2, 0) is 0 Å². The molecule has 0 saturated carbocycles. The lowest BCUT2D eigenvalue weighted by atomic mass is 9.87. The summed E-state index contributed by atoms with van der Waals surface area (Å²) in [6.07, 6.45) is 11.8. The summed E-state index contributed by atoms with van der Waals surface area (Å²) < 4.78 is 0. The third-order valence-electron chi connectivity index (χ3n) is 7.55. The van der Waals surface area contributed by atoms with Crippen LogP contribution < -0.4 is 0 Å². The first kappa shape index (κ1) is 21.4. The molecule has 1 aromatic heterocycles. The molecular formula is C27H39N3. The van der Waals surface area contributed by atoms with Gasteiger partial charge in [-0.25, -0.2) is 0 Å². The van der Waals surface area contributed by atoms with Gasteiger partial charge in [-0.15, -0.1) is 0 Å². The number of aryl methyl sites for hydroxylation is 1. The molecule has 3 nitrogen and oxygen atoms in total. The molecule has 0 spiro atoms. The van der Waals surface area contributed by atoms with Crippen molar-refractivity contribution in [3.63, 3.8) is 0 Å². The molecule has 30 heavy (non-hydrogen) atoms. The molecule has 1 aromatic carbocycles. The van der Waals surface area contributed by atoms with E-state index < -0.39 is 0 Å². The number of piperidine rings is 2. The number of nitrogens with one attached hydrogen (secondary N) is 1. The van der Waals surface area contributed by atoms with E-state index in [2.05, 4.69) is 78.9 Å². The molecule has 0 amide bonds. The van der Waals surface area contributed by atoms with E-state index in [1.54, 1.807) is 0 Å². The summed E-state index contributed by atoms with van der Waals surface area (Å²) in [6, 6.07) is 7.95. The van der Waals surface area contributed by atoms with Crippen LogP contribution in [0.4, 0.5) is 0 Å². The molecule has 3 heteroatoms. The Bertz CT molecular complexity index is 904. The molecule has 3 heterocycles. The summed E-state index contributed by atoms with van der Waals surface area (Å²) in [5.41, 5.74) is 6.70. The van der Waals surface area contributed by atoms with Gasteiger partial charge in [-0.3, -0.25) is 0 Å². The van der Waals surface area contributed by atoms with Crippen LogP contribution in [0.2, 0.25) is 0 Å². The van der Waals surface area contributed by atoms with Crippen molar-refractivity contribution >= 4 is 16.5 Å². The Morgan fingerprint density at radius 2 is 1.80 bits per heavy atom. The molecule has 0 radical (unpaired) electrons. The van der Waals surface area contributed by atoms with E-state index in [0.717, 1.165) is 6.04 Å². The summed E-state index contributed by atoms with van der Waals surface area (Å²) in [5.74, 6) is 0.704. The normalized spacial score (nSPS) is 21.3. The fraction of sp³-hybridized carbons (Fsp3) is 0.556. The predicted octanol–water partition coefficient (Wildman–Crippen LogP) is 6.12. The molecule has 162 valence electrons. The highest BCUT2D eigenvalue weighted by Crippen LogP contribution is 2.34. The topological polar surface area (TPSA) is 22.3 Å². The molecule has 2 aromatic rings. The van der Waals surface area contributed by atoms with Gasteiger partial charge in [0.25, 0.3) is 0 Å². The molecular weight excluding hydrogens is 366 g/mol. The number of fused-ring (bicyclic) bond motifs is 1. The van der Waals surface area contributed by atoms with Crippen LogP contribution in [-0.4, -0.2) is 53.5 Å². The second kappa shape index (κ2) is 9.53. The highest BCUT2D eigenvalue weighted by Gasteiger charge is 2.28. The highest BCUT2D eigenvalue weighted by atomic mass is 15.2. The molecule has 2 fully saturated rings. The molecule has 2 aliphatic heterocycles. The number of hydrogen-bond acceptors (Lipinski definition) is 2. The Labute approximate surface area is 182 Å². The van der Waals surface area contributed by atoms with Crippen molar-refractivity contribution in [2.45, 2.75) is 65.3 Å². The molecule has 0 unspecified atom stereocenters. The second-order valence-electron chi connectivity index (χ2n) is 9.15. The number of rotatable bonds is 5. The first-order valence-corrected chi connectivity index (χ1v) is 12.0. The minimum absolute atomic E-state index is 0.704. The van der Waals surface area contributed by atoms with Crippen LogP contribution in [0.1, 0.15) is 69.2 Å². The molecule has 0 aliphatic carbocycles. The molecule has 2 saturated heterocycles. The van der Waals surface area contributed by atoms with Crippen LogP contribution in [0.15, 0.2) is 36.4 Å². The zero-order valence-corrected chi connectivity index (χ0v) is 19.4. The predicted molar refractivity (Wildman–Crippen MR) is 130 cm³/mol. The number of H-pyrrole nitrogens is 1. The lowest BCUT2D eigenvalue weighted by Crippen LogP contribution is -2.47. The minimum atomic E-state index is 0.704. The number of allylic oxidation sites excluding steroid dienone is 4. The van der Waals surface area contributed by atoms with Crippen molar-refractivity contribution in [2.24, 2.45) is 0 Å². The number of hydrogen-bond donors (Lipinski definition) is 1. The zero-order chi connectivity index (χ0) is 21.1. The fourth-order valence-electron chi connectivity index (χ4n) is 5.59. The van der Waals surface area contributed by atoms with E-state index in [1.165, 1.54) is 91.7 Å². The highest BCUT2D eigenvalue weighted by molar-refractivity contribution is 5.91. The zero-order valence-electron chi connectivity index (χ0n) is 19.4. The second-order valence-corrected chi connectivity index (χ2v) is 9.15.